The van der Waals surface area contributed by atoms with E-state index in [2.05, 4.69) is 9.97 Å². The molecule has 0 N–H and O–H groups in total. The van der Waals surface area contributed by atoms with Crippen LogP contribution in [0.3, 0.4) is 0 Å². The lowest BCUT2D eigenvalue weighted by molar-refractivity contribution is 0.601. The molecule has 0 saturated heterocycles. The molecule has 0 unspecified atom stereocenters. The Labute approximate surface area is 75.5 Å². The first-order valence-electron chi connectivity index (χ1n) is 3.11. The Hall–Kier alpha value is -0.680. The van der Waals surface area contributed by atoms with Crippen molar-refractivity contribution in [3.8, 4) is 0 Å². The number of aromatic nitrogens is 2. The molecule has 0 bridgehead atoms. The molecule has 0 atom stereocenters. The van der Waals surface area contributed by atoms with Crippen molar-refractivity contribution in [1.82, 2.24) is 9.97 Å². The van der Waals surface area contributed by atoms with Crippen molar-refractivity contribution in [3.63, 3.8) is 0 Å². The van der Waals surface area contributed by atoms with Gasteiger partial charge in [0.05, 0.1) is 5.75 Å². The Balaban J connectivity index is 2.85. The molecule has 0 fully saturated rings. The van der Waals surface area contributed by atoms with Gasteiger partial charge in [0.1, 0.15) is 0 Å². The van der Waals surface area contributed by atoms with E-state index in [1.165, 1.54) is 12.4 Å². The van der Waals surface area contributed by atoms with Crippen molar-refractivity contribution in [3.05, 3.63) is 23.2 Å². The fourth-order valence-corrected chi connectivity index (χ4v) is 1.57. The van der Waals surface area contributed by atoms with Gasteiger partial charge in [-0.1, -0.05) is 0 Å². The van der Waals surface area contributed by atoms with Crippen LogP contribution in [0.1, 0.15) is 5.56 Å². The summed E-state index contributed by atoms with van der Waals surface area (Å²) in [5.41, 5.74) is 0.543. The maximum absolute atomic E-state index is 10.8. The predicted molar refractivity (Wildman–Crippen MR) is 45.6 cm³/mol. The second-order valence-electron chi connectivity index (χ2n) is 2.43. The van der Waals surface area contributed by atoms with Gasteiger partial charge in [-0.15, -0.1) is 0 Å². The molecule has 6 heteroatoms. The third-order valence-electron chi connectivity index (χ3n) is 1.10. The Morgan fingerprint density at radius 1 is 1.42 bits per heavy atom. The van der Waals surface area contributed by atoms with Gasteiger partial charge >= 0.3 is 0 Å². The quantitative estimate of drug-likeness (QED) is 0.668. The molecule has 4 nitrogen and oxygen atoms in total. The molecular formula is C6H7ClN2O2S. The van der Waals surface area contributed by atoms with Gasteiger partial charge in [-0.2, -0.15) is 0 Å². The van der Waals surface area contributed by atoms with E-state index in [0.717, 1.165) is 6.26 Å². The zero-order valence-electron chi connectivity index (χ0n) is 6.36. The highest BCUT2D eigenvalue weighted by Crippen LogP contribution is 2.04. The summed E-state index contributed by atoms with van der Waals surface area (Å²) in [4.78, 5) is 7.31. The van der Waals surface area contributed by atoms with Gasteiger partial charge in [0.15, 0.2) is 9.84 Å². The van der Waals surface area contributed by atoms with Crippen LogP contribution in [0.5, 0.6) is 0 Å². The molecule has 0 aliphatic carbocycles. The fraction of sp³-hybridized carbons (Fsp3) is 0.333. The zero-order valence-corrected chi connectivity index (χ0v) is 7.93. The van der Waals surface area contributed by atoms with E-state index >= 15 is 0 Å². The highest BCUT2D eigenvalue weighted by Gasteiger charge is 2.04. The lowest BCUT2D eigenvalue weighted by Crippen LogP contribution is -2.01. The third-order valence-corrected chi connectivity index (χ3v) is 2.16. The molecule has 12 heavy (non-hydrogen) atoms. The lowest BCUT2D eigenvalue weighted by atomic mass is 10.4. The zero-order chi connectivity index (χ0) is 9.19. The summed E-state index contributed by atoms with van der Waals surface area (Å²) in [6, 6.07) is 0. The van der Waals surface area contributed by atoms with Crippen LogP contribution in [0.25, 0.3) is 0 Å². The first kappa shape index (κ1) is 9.41. The number of halogens is 1. The number of hydrogen-bond acceptors (Lipinski definition) is 4. The van der Waals surface area contributed by atoms with E-state index in [-0.39, 0.29) is 11.0 Å². The molecule has 0 aromatic carbocycles. The third kappa shape index (κ3) is 3.15. The van der Waals surface area contributed by atoms with Crippen LogP contribution in [-0.2, 0) is 15.6 Å². The number of hydrogen-bond donors (Lipinski definition) is 0. The molecular weight excluding hydrogens is 200 g/mol. The molecule has 0 amide bonds. The van der Waals surface area contributed by atoms with E-state index in [0.29, 0.717) is 5.56 Å². The summed E-state index contributed by atoms with van der Waals surface area (Å²) in [6.45, 7) is 0. The minimum absolute atomic E-state index is 0.0514. The van der Waals surface area contributed by atoms with Gasteiger partial charge in [0.2, 0.25) is 5.28 Å². The first-order chi connectivity index (χ1) is 5.47. The van der Waals surface area contributed by atoms with Crippen molar-refractivity contribution in [2.45, 2.75) is 5.75 Å². The summed E-state index contributed by atoms with van der Waals surface area (Å²) in [6.07, 6.45) is 3.95. The highest BCUT2D eigenvalue weighted by atomic mass is 35.5. The van der Waals surface area contributed by atoms with Crippen LogP contribution in [0.15, 0.2) is 12.4 Å². The van der Waals surface area contributed by atoms with Gasteiger partial charge in [-0.05, 0) is 11.6 Å². The maximum Gasteiger partial charge on any atom is 0.222 e. The second-order valence-corrected chi connectivity index (χ2v) is 4.91. The molecule has 0 radical (unpaired) electrons. The van der Waals surface area contributed by atoms with E-state index in [1.54, 1.807) is 0 Å². The largest absolute Gasteiger partial charge is 0.229 e. The molecule has 0 aliphatic heterocycles. The average molecular weight is 207 g/mol. The minimum atomic E-state index is -3.01. The summed E-state index contributed by atoms with van der Waals surface area (Å²) in [5, 5.41) is 0.118. The normalized spacial score (nSPS) is 11.5. The molecule has 1 heterocycles. The molecule has 1 aromatic rings. The van der Waals surface area contributed by atoms with Crippen LogP contribution in [-0.4, -0.2) is 24.6 Å². The molecule has 0 saturated carbocycles. The smallest absolute Gasteiger partial charge is 0.222 e. The van der Waals surface area contributed by atoms with Gasteiger partial charge in [0.25, 0.3) is 0 Å². The van der Waals surface area contributed by atoms with Crippen LogP contribution in [0, 0.1) is 0 Å². The van der Waals surface area contributed by atoms with E-state index in [4.69, 9.17) is 11.6 Å². The van der Waals surface area contributed by atoms with Crippen molar-refractivity contribution in [2.75, 3.05) is 6.26 Å². The maximum atomic E-state index is 10.8. The number of sulfone groups is 1. The van der Waals surface area contributed by atoms with E-state index in [9.17, 15) is 8.42 Å². The Bertz CT molecular complexity index is 360. The second kappa shape index (κ2) is 3.37. The Kier molecular flexibility index (Phi) is 2.64. The molecule has 66 valence electrons. The lowest BCUT2D eigenvalue weighted by Gasteiger charge is -1.96. The van der Waals surface area contributed by atoms with Crippen LogP contribution < -0.4 is 0 Å². The van der Waals surface area contributed by atoms with Crippen LogP contribution >= 0.6 is 11.6 Å². The number of nitrogens with zero attached hydrogens (tertiary/aromatic N) is 2. The van der Waals surface area contributed by atoms with Crippen molar-refractivity contribution in [1.29, 1.82) is 0 Å². The van der Waals surface area contributed by atoms with Gasteiger partial charge in [0, 0.05) is 24.2 Å². The standard InChI is InChI=1S/C6H7ClN2O2S/c1-12(10,11)4-5-2-8-6(7)9-3-5/h2-3H,4H2,1H3. The van der Waals surface area contributed by atoms with E-state index < -0.39 is 9.84 Å². The highest BCUT2D eigenvalue weighted by molar-refractivity contribution is 7.89. The molecule has 0 aliphatic rings. The monoisotopic (exact) mass is 206 g/mol. The predicted octanol–water partition coefficient (Wildman–Crippen LogP) is 0.675. The summed E-state index contributed by atoms with van der Waals surface area (Å²) >= 11 is 5.41. The van der Waals surface area contributed by atoms with Gasteiger partial charge in [-0.25, -0.2) is 18.4 Å². The van der Waals surface area contributed by atoms with Gasteiger partial charge < -0.3 is 0 Å². The van der Waals surface area contributed by atoms with Gasteiger partial charge in [-0.3, -0.25) is 0 Å². The van der Waals surface area contributed by atoms with Crippen molar-refractivity contribution < 1.29 is 8.42 Å². The SMILES string of the molecule is CS(=O)(=O)Cc1cnc(Cl)nc1. The summed E-state index contributed by atoms with van der Waals surface area (Å²) in [5.74, 6) is -0.0514. The first-order valence-corrected chi connectivity index (χ1v) is 5.55. The number of rotatable bonds is 2. The molecule has 0 spiro atoms. The molecule has 1 aromatic heterocycles. The van der Waals surface area contributed by atoms with Crippen LogP contribution in [0.4, 0.5) is 0 Å². The topological polar surface area (TPSA) is 59.9 Å². The van der Waals surface area contributed by atoms with Crippen molar-refractivity contribution >= 4 is 21.4 Å². The Morgan fingerprint density at radius 2 is 1.92 bits per heavy atom. The Morgan fingerprint density at radius 3 is 2.33 bits per heavy atom. The van der Waals surface area contributed by atoms with Crippen LogP contribution in [0.2, 0.25) is 5.28 Å². The average Bonchev–Trinajstić information content (AvgIpc) is 1.91. The van der Waals surface area contributed by atoms with E-state index in [1.807, 2.05) is 0 Å². The van der Waals surface area contributed by atoms with Crippen molar-refractivity contribution in [2.24, 2.45) is 0 Å². The minimum Gasteiger partial charge on any atom is -0.229 e. The summed E-state index contributed by atoms with van der Waals surface area (Å²) in [7, 11) is -3.01. The molecule has 1 rings (SSSR count). The summed E-state index contributed by atoms with van der Waals surface area (Å²) < 4.78 is 21.6. The fourth-order valence-electron chi connectivity index (χ4n) is 0.716.